The van der Waals surface area contributed by atoms with Gasteiger partial charge in [-0.25, -0.2) is 4.79 Å². The maximum Gasteiger partial charge on any atom is 0.318 e. The van der Waals surface area contributed by atoms with Gasteiger partial charge in [-0.15, -0.1) is 11.3 Å². The molecule has 0 radical (unpaired) electrons. The van der Waals surface area contributed by atoms with E-state index in [1.807, 2.05) is 25.1 Å². The zero-order valence-electron chi connectivity index (χ0n) is 13.3. The fourth-order valence-electron chi connectivity index (χ4n) is 2.00. The van der Waals surface area contributed by atoms with Gasteiger partial charge in [-0.1, -0.05) is 0 Å². The Morgan fingerprint density at radius 1 is 1.32 bits per heavy atom. The van der Waals surface area contributed by atoms with Gasteiger partial charge in [-0.3, -0.25) is 0 Å². The fourth-order valence-corrected chi connectivity index (χ4v) is 2.92. The molecule has 2 aromatic rings. The van der Waals surface area contributed by atoms with Gasteiger partial charge in [-0.05, 0) is 44.1 Å². The average Bonchev–Trinajstić information content (AvgIpc) is 3.12. The van der Waals surface area contributed by atoms with E-state index in [0.717, 1.165) is 12.1 Å². The van der Waals surface area contributed by atoms with Crippen LogP contribution in [0.4, 0.5) is 4.79 Å². The molecule has 2 aromatic heterocycles. The summed E-state index contributed by atoms with van der Waals surface area (Å²) in [5, 5.41) is 5.02. The topological polar surface area (TPSA) is 48.7 Å². The maximum atomic E-state index is 12.5. The van der Waals surface area contributed by atoms with Crippen LogP contribution in [0.5, 0.6) is 0 Å². The van der Waals surface area contributed by atoms with Crippen LogP contribution in [0.3, 0.4) is 0 Å². The molecule has 0 spiro atoms. The van der Waals surface area contributed by atoms with Gasteiger partial charge in [0.25, 0.3) is 0 Å². The van der Waals surface area contributed by atoms with Crippen molar-refractivity contribution in [3.05, 3.63) is 46.0 Å². The van der Waals surface area contributed by atoms with E-state index in [0.29, 0.717) is 19.6 Å². The monoisotopic (exact) mass is 321 g/mol. The highest BCUT2D eigenvalue weighted by Crippen LogP contribution is 2.18. The van der Waals surface area contributed by atoms with E-state index in [1.165, 1.54) is 10.4 Å². The number of carbonyl (C=O) groups is 1. The van der Waals surface area contributed by atoms with Crippen LogP contribution >= 0.6 is 11.3 Å². The Balaban J connectivity index is 1.96. The minimum Gasteiger partial charge on any atom is -0.472 e. The van der Waals surface area contributed by atoms with Gasteiger partial charge in [-0.2, -0.15) is 0 Å². The quantitative estimate of drug-likeness (QED) is 0.853. The molecule has 0 unspecified atom stereocenters. The lowest BCUT2D eigenvalue weighted by molar-refractivity contribution is 0.189. The predicted molar refractivity (Wildman–Crippen MR) is 89.0 cm³/mol. The molecule has 2 heterocycles. The molecule has 0 aliphatic rings. The van der Waals surface area contributed by atoms with Crippen molar-refractivity contribution >= 4 is 17.4 Å². The fraction of sp³-hybridized carbons (Fsp3) is 0.438. The Morgan fingerprint density at radius 2 is 2.14 bits per heavy atom. The summed E-state index contributed by atoms with van der Waals surface area (Å²) in [6.45, 7) is 4.75. The number of nitrogens with one attached hydrogen (secondary N) is 1. The summed E-state index contributed by atoms with van der Waals surface area (Å²) in [7, 11) is 4.02. The van der Waals surface area contributed by atoms with Gasteiger partial charge in [0.1, 0.15) is 0 Å². The third kappa shape index (κ3) is 4.89. The molecule has 5 nitrogen and oxygen atoms in total. The van der Waals surface area contributed by atoms with E-state index in [4.69, 9.17) is 4.42 Å². The lowest BCUT2D eigenvalue weighted by Gasteiger charge is -2.24. The van der Waals surface area contributed by atoms with Crippen LogP contribution in [0.2, 0.25) is 0 Å². The van der Waals surface area contributed by atoms with Crippen LogP contribution in [0.15, 0.2) is 34.5 Å². The summed E-state index contributed by atoms with van der Waals surface area (Å²) in [6.07, 6.45) is 3.26. The largest absolute Gasteiger partial charge is 0.472 e. The number of aryl methyl sites for hydroxylation is 1. The summed E-state index contributed by atoms with van der Waals surface area (Å²) in [5.74, 6) is 0. The number of hydrogen-bond donors (Lipinski definition) is 1. The second-order valence-electron chi connectivity index (χ2n) is 5.54. The first-order valence-corrected chi connectivity index (χ1v) is 8.16. The van der Waals surface area contributed by atoms with E-state index >= 15 is 0 Å². The second kappa shape index (κ2) is 8.00. The van der Waals surface area contributed by atoms with E-state index in [-0.39, 0.29) is 6.03 Å². The van der Waals surface area contributed by atoms with Gasteiger partial charge in [0, 0.05) is 30.1 Å². The molecule has 120 valence electrons. The number of hydrogen-bond acceptors (Lipinski definition) is 4. The molecule has 1 N–H and O–H groups in total. The number of nitrogens with zero attached hydrogens (tertiary/aromatic N) is 2. The molecule has 2 rings (SSSR count). The van der Waals surface area contributed by atoms with Crippen LogP contribution in [0.25, 0.3) is 0 Å². The molecule has 0 aliphatic carbocycles. The van der Waals surface area contributed by atoms with Crippen LogP contribution in [0.1, 0.15) is 16.0 Å². The third-order valence-electron chi connectivity index (χ3n) is 3.43. The Hall–Kier alpha value is -1.79. The molecule has 0 fully saturated rings. The Bertz CT molecular complexity index is 578. The van der Waals surface area contributed by atoms with Gasteiger partial charge in [0.15, 0.2) is 0 Å². The van der Waals surface area contributed by atoms with Crippen molar-refractivity contribution < 1.29 is 9.21 Å². The van der Waals surface area contributed by atoms with Crippen molar-refractivity contribution in [3.63, 3.8) is 0 Å². The van der Waals surface area contributed by atoms with Gasteiger partial charge >= 0.3 is 6.03 Å². The summed E-state index contributed by atoms with van der Waals surface area (Å²) >= 11 is 1.70. The maximum absolute atomic E-state index is 12.5. The lowest BCUT2D eigenvalue weighted by Crippen LogP contribution is -2.42. The van der Waals surface area contributed by atoms with Crippen molar-refractivity contribution in [1.82, 2.24) is 15.1 Å². The van der Waals surface area contributed by atoms with Crippen molar-refractivity contribution in [3.8, 4) is 0 Å². The number of rotatable bonds is 7. The highest BCUT2D eigenvalue weighted by molar-refractivity contribution is 7.10. The second-order valence-corrected chi connectivity index (χ2v) is 6.54. The number of likely N-dealkylation sites (N-methyl/N-ethyl adjacent to an activating group) is 1. The van der Waals surface area contributed by atoms with Crippen molar-refractivity contribution in [2.24, 2.45) is 0 Å². The first-order chi connectivity index (χ1) is 10.6. The van der Waals surface area contributed by atoms with Gasteiger partial charge < -0.3 is 19.5 Å². The van der Waals surface area contributed by atoms with E-state index in [2.05, 4.69) is 28.6 Å². The Labute approximate surface area is 135 Å². The molecule has 0 aromatic carbocycles. The number of furan rings is 1. The standard InChI is InChI=1S/C16H23N3O2S/c1-13-5-9-22-15(13)11-19(7-6-18(2)3)16(20)17-10-14-4-8-21-12-14/h4-5,8-9,12H,6-7,10-11H2,1-3H3,(H,17,20). The first kappa shape index (κ1) is 16.6. The zero-order valence-corrected chi connectivity index (χ0v) is 14.2. The molecule has 0 aliphatic heterocycles. The number of urea groups is 1. The normalized spacial score (nSPS) is 10.9. The van der Waals surface area contributed by atoms with Gasteiger partial charge in [0.2, 0.25) is 0 Å². The Morgan fingerprint density at radius 3 is 2.73 bits per heavy atom. The van der Waals surface area contributed by atoms with Crippen molar-refractivity contribution in [2.45, 2.75) is 20.0 Å². The molecule has 0 saturated carbocycles. The molecular weight excluding hydrogens is 298 g/mol. The number of carbonyl (C=O) groups excluding carboxylic acids is 1. The lowest BCUT2D eigenvalue weighted by atomic mass is 10.3. The molecule has 0 bridgehead atoms. The van der Waals surface area contributed by atoms with Crippen LogP contribution in [-0.2, 0) is 13.1 Å². The SMILES string of the molecule is Cc1ccsc1CN(CCN(C)C)C(=O)NCc1ccoc1. The third-order valence-corrected chi connectivity index (χ3v) is 4.44. The number of amides is 2. The summed E-state index contributed by atoms with van der Waals surface area (Å²) in [4.78, 5) is 17.6. The van der Waals surface area contributed by atoms with Crippen LogP contribution in [-0.4, -0.2) is 43.0 Å². The molecule has 2 amide bonds. The first-order valence-electron chi connectivity index (χ1n) is 7.28. The van der Waals surface area contributed by atoms with E-state index < -0.39 is 0 Å². The Kier molecular flexibility index (Phi) is 6.03. The molecular formula is C16H23N3O2S. The van der Waals surface area contributed by atoms with Crippen LogP contribution < -0.4 is 5.32 Å². The minimum absolute atomic E-state index is 0.0455. The van der Waals surface area contributed by atoms with Crippen LogP contribution in [0, 0.1) is 6.92 Å². The highest BCUT2D eigenvalue weighted by Gasteiger charge is 2.15. The highest BCUT2D eigenvalue weighted by atomic mass is 32.1. The van der Waals surface area contributed by atoms with Gasteiger partial charge in [0.05, 0.1) is 19.1 Å². The van der Waals surface area contributed by atoms with E-state index in [9.17, 15) is 4.79 Å². The molecule has 0 atom stereocenters. The minimum atomic E-state index is -0.0455. The average molecular weight is 321 g/mol. The molecule has 22 heavy (non-hydrogen) atoms. The molecule has 6 heteroatoms. The number of thiophene rings is 1. The van der Waals surface area contributed by atoms with Crippen molar-refractivity contribution in [1.29, 1.82) is 0 Å². The smallest absolute Gasteiger partial charge is 0.318 e. The summed E-state index contributed by atoms with van der Waals surface area (Å²) < 4.78 is 5.02. The predicted octanol–water partition coefficient (Wildman–Crippen LogP) is 2.92. The molecule has 0 saturated heterocycles. The summed E-state index contributed by atoms with van der Waals surface area (Å²) in [5.41, 5.74) is 2.20. The summed E-state index contributed by atoms with van der Waals surface area (Å²) in [6, 6.07) is 3.90. The van der Waals surface area contributed by atoms with Crippen molar-refractivity contribution in [2.75, 3.05) is 27.2 Å². The van der Waals surface area contributed by atoms with E-state index in [1.54, 1.807) is 23.9 Å². The zero-order chi connectivity index (χ0) is 15.9.